The van der Waals surface area contributed by atoms with Crippen LogP contribution in [0.5, 0.6) is 0 Å². The van der Waals surface area contributed by atoms with E-state index in [1.54, 1.807) is 0 Å². The minimum absolute atomic E-state index is 0.132. The van der Waals surface area contributed by atoms with E-state index in [1.165, 1.54) is 5.39 Å². The topological polar surface area (TPSA) is 26.3 Å². The number of rotatable bonds is 5. The van der Waals surface area contributed by atoms with Crippen molar-refractivity contribution in [1.29, 1.82) is 0 Å². The third kappa shape index (κ3) is 2.59. The minimum atomic E-state index is -0.426. The summed E-state index contributed by atoms with van der Waals surface area (Å²) < 4.78 is 5.58. The number of ether oxygens (including phenoxy) is 1. The molecule has 0 saturated carbocycles. The number of benzene rings is 2. The number of Topliss-reactive ketones (excluding diaryl/α,β-unsaturated/α-hetero) is 1. The van der Waals surface area contributed by atoms with Crippen molar-refractivity contribution in [3.05, 3.63) is 48.0 Å². The average Bonchev–Trinajstić information content (AvgIpc) is 2.43. The van der Waals surface area contributed by atoms with Crippen LogP contribution < -0.4 is 0 Å². The van der Waals surface area contributed by atoms with Crippen molar-refractivity contribution in [3.8, 4) is 0 Å². The molecule has 0 spiro atoms. The van der Waals surface area contributed by atoms with Gasteiger partial charge < -0.3 is 4.74 Å². The van der Waals surface area contributed by atoms with Gasteiger partial charge in [-0.2, -0.15) is 0 Å². The maximum Gasteiger partial charge on any atom is 0.165 e. The van der Waals surface area contributed by atoms with E-state index in [2.05, 4.69) is 12.1 Å². The molecular weight excluding hydrogens is 224 g/mol. The predicted molar refractivity (Wildman–Crippen MR) is 73.6 cm³/mol. The van der Waals surface area contributed by atoms with Gasteiger partial charge in [-0.05, 0) is 29.3 Å². The number of fused-ring (bicyclic) bond motifs is 1. The number of carbonyl (C=O) groups is 1. The summed E-state index contributed by atoms with van der Waals surface area (Å²) >= 11 is 0. The fourth-order valence-electron chi connectivity index (χ4n) is 2.10. The zero-order valence-electron chi connectivity index (χ0n) is 10.8. The van der Waals surface area contributed by atoms with E-state index in [9.17, 15) is 4.79 Å². The van der Waals surface area contributed by atoms with Gasteiger partial charge in [-0.15, -0.1) is 0 Å². The molecule has 2 heteroatoms. The van der Waals surface area contributed by atoms with E-state index in [0.717, 1.165) is 10.9 Å². The van der Waals surface area contributed by atoms with Gasteiger partial charge in [0.05, 0.1) is 0 Å². The number of hydrogen-bond donors (Lipinski definition) is 0. The summed E-state index contributed by atoms with van der Waals surface area (Å²) in [6.45, 7) is 4.33. The van der Waals surface area contributed by atoms with Crippen molar-refractivity contribution in [2.24, 2.45) is 0 Å². The summed E-state index contributed by atoms with van der Waals surface area (Å²) in [6, 6.07) is 14.2. The summed E-state index contributed by atoms with van der Waals surface area (Å²) in [4.78, 5) is 11.9. The standard InChI is InChI=1S/C16H18O2/c1-3-15(17)16(18-4-2)14-10-9-12-7-5-6-8-13(12)11-14/h5-11,16H,3-4H2,1-2H3. The summed E-state index contributed by atoms with van der Waals surface area (Å²) in [5.74, 6) is 0.132. The van der Waals surface area contributed by atoms with Crippen LogP contribution in [0.15, 0.2) is 42.5 Å². The monoisotopic (exact) mass is 242 g/mol. The third-order valence-corrected chi connectivity index (χ3v) is 3.05. The van der Waals surface area contributed by atoms with Gasteiger partial charge in [-0.25, -0.2) is 0 Å². The smallest absolute Gasteiger partial charge is 0.165 e. The van der Waals surface area contributed by atoms with Crippen LogP contribution in [0, 0.1) is 0 Å². The Kier molecular flexibility index (Phi) is 4.11. The van der Waals surface area contributed by atoms with Crippen molar-refractivity contribution < 1.29 is 9.53 Å². The second-order valence-corrected chi connectivity index (χ2v) is 4.26. The van der Waals surface area contributed by atoms with Crippen LogP contribution in [0.25, 0.3) is 10.8 Å². The molecule has 0 heterocycles. The van der Waals surface area contributed by atoms with E-state index < -0.39 is 6.10 Å². The van der Waals surface area contributed by atoms with Gasteiger partial charge in [0.25, 0.3) is 0 Å². The third-order valence-electron chi connectivity index (χ3n) is 3.05. The molecule has 0 amide bonds. The molecule has 2 aromatic carbocycles. The highest BCUT2D eigenvalue weighted by atomic mass is 16.5. The van der Waals surface area contributed by atoms with Crippen LogP contribution in [0.4, 0.5) is 0 Å². The molecule has 0 N–H and O–H groups in total. The second kappa shape index (κ2) is 5.78. The Labute approximate surface area is 108 Å². The lowest BCUT2D eigenvalue weighted by atomic mass is 10.00. The summed E-state index contributed by atoms with van der Waals surface area (Å²) in [7, 11) is 0. The fourth-order valence-corrected chi connectivity index (χ4v) is 2.10. The van der Waals surface area contributed by atoms with Gasteiger partial charge in [0.1, 0.15) is 6.10 Å². The molecule has 2 rings (SSSR count). The number of carbonyl (C=O) groups excluding carboxylic acids is 1. The van der Waals surface area contributed by atoms with E-state index in [-0.39, 0.29) is 5.78 Å². The molecule has 0 aliphatic rings. The molecule has 1 unspecified atom stereocenters. The lowest BCUT2D eigenvalue weighted by molar-refractivity contribution is -0.130. The van der Waals surface area contributed by atoms with Gasteiger partial charge in [0.2, 0.25) is 0 Å². The quantitative estimate of drug-likeness (QED) is 0.795. The van der Waals surface area contributed by atoms with Crippen molar-refractivity contribution in [1.82, 2.24) is 0 Å². The first-order valence-corrected chi connectivity index (χ1v) is 6.39. The fraction of sp³-hybridized carbons (Fsp3) is 0.312. The zero-order chi connectivity index (χ0) is 13.0. The summed E-state index contributed by atoms with van der Waals surface area (Å²) in [5.41, 5.74) is 0.947. The Morgan fingerprint density at radius 1 is 1.11 bits per heavy atom. The van der Waals surface area contributed by atoms with E-state index in [4.69, 9.17) is 4.74 Å². The SMILES string of the molecule is CCOC(C(=O)CC)c1ccc2ccccc2c1. The van der Waals surface area contributed by atoms with Crippen molar-refractivity contribution in [2.75, 3.05) is 6.61 Å². The van der Waals surface area contributed by atoms with Gasteiger partial charge in [-0.1, -0.05) is 43.3 Å². The highest BCUT2D eigenvalue weighted by Gasteiger charge is 2.19. The van der Waals surface area contributed by atoms with Gasteiger partial charge in [0, 0.05) is 13.0 Å². The van der Waals surface area contributed by atoms with Gasteiger partial charge in [-0.3, -0.25) is 4.79 Å². The van der Waals surface area contributed by atoms with Crippen LogP contribution in [-0.2, 0) is 9.53 Å². The number of ketones is 1. The van der Waals surface area contributed by atoms with Crippen molar-refractivity contribution in [3.63, 3.8) is 0 Å². The number of hydrogen-bond acceptors (Lipinski definition) is 2. The normalized spacial score (nSPS) is 12.6. The van der Waals surface area contributed by atoms with Crippen LogP contribution in [0.3, 0.4) is 0 Å². The van der Waals surface area contributed by atoms with Crippen LogP contribution in [0.2, 0.25) is 0 Å². The molecule has 1 atom stereocenters. The van der Waals surface area contributed by atoms with E-state index in [0.29, 0.717) is 13.0 Å². The first-order chi connectivity index (χ1) is 8.76. The van der Waals surface area contributed by atoms with E-state index in [1.807, 2.05) is 44.2 Å². The Balaban J connectivity index is 2.41. The molecule has 0 bridgehead atoms. The molecule has 0 aromatic heterocycles. The highest BCUT2D eigenvalue weighted by molar-refractivity contribution is 5.87. The summed E-state index contributed by atoms with van der Waals surface area (Å²) in [6.07, 6.45) is 0.0712. The average molecular weight is 242 g/mol. The predicted octanol–water partition coefficient (Wildman–Crippen LogP) is 3.90. The van der Waals surface area contributed by atoms with Gasteiger partial charge in [0.15, 0.2) is 5.78 Å². The Morgan fingerprint density at radius 2 is 1.83 bits per heavy atom. The zero-order valence-corrected chi connectivity index (χ0v) is 10.8. The molecule has 94 valence electrons. The molecular formula is C16H18O2. The Bertz CT molecular complexity index is 546. The summed E-state index contributed by atoms with van der Waals surface area (Å²) in [5, 5.41) is 2.32. The molecule has 0 fully saturated rings. The Hall–Kier alpha value is -1.67. The Morgan fingerprint density at radius 3 is 2.50 bits per heavy atom. The van der Waals surface area contributed by atoms with Crippen LogP contribution >= 0.6 is 0 Å². The van der Waals surface area contributed by atoms with Crippen LogP contribution in [-0.4, -0.2) is 12.4 Å². The molecule has 18 heavy (non-hydrogen) atoms. The first-order valence-electron chi connectivity index (χ1n) is 6.39. The molecule has 2 aromatic rings. The molecule has 0 aliphatic carbocycles. The van der Waals surface area contributed by atoms with Crippen LogP contribution in [0.1, 0.15) is 31.9 Å². The second-order valence-electron chi connectivity index (χ2n) is 4.26. The molecule has 0 saturated heterocycles. The lowest BCUT2D eigenvalue weighted by Crippen LogP contribution is -2.15. The molecule has 0 aliphatic heterocycles. The first kappa shape index (κ1) is 12.8. The maximum absolute atomic E-state index is 11.9. The van der Waals surface area contributed by atoms with Crippen molar-refractivity contribution >= 4 is 16.6 Å². The molecule has 0 radical (unpaired) electrons. The minimum Gasteiger partial charge on any atom is -0.366 e. The lowest BCUT2D eigenvalue weighted by Gasteiger charge is -2.16. The maximum atomic E-state index is 11.9. The molecule has 2 nitrogen and oxygen atoms in total. The highest BCUT2D eigenvalue weighted by Crippen LogP contribution is 2.24. The van der Waals surface area contributed by atoms with Gasteiger partial charge >= 0.3 is 0 Å². The van der Waals surface area contributed by atoms with E-state index >= 15 is 0 Å². The van der Waals surface area contributed by atoms with Crippen molar-refractivity contribution in [2.45, 2.75) is 26.4 Å². The largest absolute Gasteiger partial charge is 0.366 e.